The standard InChI is InChI=1S/C10H16N4/c1-3-8-4-10(13-7-12-8)14-5-9(6-14)11-2/h4,7,9,11H,3,5-6H2,1-2H3. The summed E-state index contributed by atoms with van der Waals surface area (Å²) in [5.74, 6) is 1.06. The lowest BCUT2D eigenvalue weighted by molar-refractivity contribution is 0.447. The maximum atomic E-state index is 4.27. The van der Waals surface area contributed by atoms with Gasteiger partial charge in [-0.25, -0.2) is 9.97 Å². The smallest absolute Gasteiger partial charge is 0.132 e. The first-order valence-corrected chi connectivity index (χ1v) is 5.06. The Morgan fingerprint density at radius 1 is 1.50 bits per heavy atom. The van der Waals surface area contributed by atoms with E-state index in [-0.39, 0.29) is 0 Å². The number of likely N-dealkylation sites (N-methyl/N-ethyl adjacent to an activating group) is 1. The molecule has 1 aliphatic rings. The molecule has 0 amide bonds. The molecule has 76 valence electrons. The van der Waals surface area contributed by atoms with Crippen LogP contribution in [0.2, 0.25) is 0 Å². The van der Waals surface area contributed by atoms with Crippen molar-refractivity contribution in [2.45, 2.75) is 19.4 Å². The Morgan fingerprint density at radius 2 is 2.29 bits per heavy atom. The highest BCUT2D eigenvalue weighted by Gasteiger charge is 2.26. The SMILES string of the molecule is CCc1cc(N2CC(NC)C2)ncn1. The van der Waals surface area contributed by atoms with Gasteiger partial charge in [0.05, 0.1) is 0 Å². The van der Waals surface area contributed by atoms with E-state index in [0.717, 1.165) is 31.0 Å². The molecule has 4 heteroatoms. The van der Waals surface area contributed by atoms with E-state index in [9.17, 15) is 0 Å². The molecule has 1 fully saturated rings. The molecule has 1 aromatic heterocycles. The lowest BCUT2D eigenvalue weighted by atomic mass is 10.1. The van der Waals surface area contributed by atoms with Crippen LogP contribution >= 0.6 is 0 Å². The van der Waals surface area contributed by atoms with Crippen molar-refractivity contribution in [1.82, 2.24) is 15.3 Å². The summed E-state index contributed by atoms with van der Waals surface area (Å²) in [4.78, 5) is 10.7. The van der Waals surface area contributed by atoms with Gasteiger partial charge >= 0.3 is 0 Å². The monoisotopic (exact) mass is 192 g/mol. The Balaban J connectivity index is 2.03. The van der Waals surface area contributed by atoms with Crippen molar-refractivity contribution in [3.63, 3.8) is 0 Å². The number of anilines is 1. The van der Waals surface area contributed by atoms with Crippen molar-refractivity contribution in [2.24, 2.45) is 0 Å². The van der Waals surface area contributed by atoms with Crippen molar-refractivity contribution in [3.8, 4) is 0 Å². The van der Waals surface area contributed by atoms with Crippen LogP contribution in [0.15, 0.2) is 12.4 Å². The first-order valence-electron chi connectivity index (χ1n) is 5.06. The normalized spacial score (nSPS) is 16.9. The minimum Gasteiger partial charge on any atom is -0.353 e. The zero-order valence-corrected chi connectivity index (χ0v) is 8.70. The average Bonchev–Trinajstić information content (AvgIpc) is 2.17. The van der Waals surface area contributed by atoms with Gasteiger partial charge in [-0.2, -0.15) is 0 Å². The second-order valence-electron chi connectivity index (χ2n) is 3.61. The van der Waals surface area contributed by atoms with Crippen molar-refractivity contribution >= 4 is 5.82 Å². The van der Waals surface area contributed by atoms with E-state index in [2.05, 4.69) is 33.2 Å². The van der Waals surface area contributed by atoms with Crippen molar-refractivity contribution in [2.75, 3.05) is 25.0 Å². The zero-order chi connectivity index (χ0) is 9.97. The van der Waals surface area contributed by atoms with E-state index >= 15 is 0 Å². The molecular weight excluding hydrogens is 176 g/mol. The molecule has 0 aliphatic carbocycles. The Morgan fingerprint density at radius 3 is 2.93 bits per heavy atom. The summed E-state index contributed by atoms with van der Waals surface area (Å²) in [5.41, 5.74) is 1.11. The van der Waals surface area contributed by atoms with E-state index in [4.69, 9.17) is 0 Å². The second kappa shape index (κ2) is 3.92. The first kappa shape index (κ1) is 9.40. The van der Waals surface area contributed by atoms with Crippen LogP contribution in [0.1, 0.15) is 12.6 Å². The van der Waals surface area contributed by atoms with Gasteiger partial charge in [0.15, 0.2) is 0 Å². The third-order valence-corrected chi connectivity index (χ3v) is 2.69. The van der Waals surface area contributed by atoms with Gasteiger partial charge in [0.25, 0.3) is 0 Å². The molecule has 1 aromatic rings. The van der Waals surface area contributed by atoms with E-state index in [1.165, 1.54) is 0 Å². The van der Waals surface area contributed by atoms with Gasteiger partial charge < -0.3 is 10.2 Å². The van der Waals surface area contributed by atoms with Crippen LogP contribution in [0.5, 0.6) is 0 Å². The van der Waals surface area contributed by atoms with Gasteiger partial charge in [0, 0.05) is 30.9 Å². The summed E-state index contributed by atoms with van der Waals surface area (Å²) in [6, 6.07) is 2.70. The van der Waals surface area contributed by atoms with Gasteiger partial charge in [0.2, 0.25) is 0 Å². The third kappa shape index (κ3) is 1.70. The van der Waals surface area contributed by atoms with E-state index in [1.807, 2.05) is 7.05 Å². The average molecular weight is 192 g/mol. The lowest BCUT2D eigenvalue weighted by Crippen LogP contribution is -2.57. The summed E-state index contributed by atoms with van der Waals surface area (Å²) >= 11 is 0. The summed E-state index contributed by atoms with van der Waals surface area (Å²) in [6.45, 7) is 4.21. The predicted molar refractivity (Wildman–Crippen MR) is 56.5 cm³/mol. The molecule has 1 N–H and O–H groups in total. The molecule has 0 unspecified atom stereocenters. The van der Waals surface area contributed by atoms with E-state index in [0.29, 0.717) is 6.04 Å². The van der Waals surface area contributed by atoms with Gasteiger partial charge in [-0.05, 0) is 13.5 Å². The molecule has 2 heterocycles. The van der Waals surface area contributed by atoms with Crippen LogP contribution < -0.4 is 10.2 Å². The fraction of sp³-hybridized carbons (Fsp3) is 0.600. The van der Waals surface area contributed by atoms with Crippen molar-refractivity contribution in [1.29, 1.82) is 0 Å². The summed E-state index contributed by atoms with van der Waals surface area (Å²) in [5, 5.41) is 3.24. The van der Waals surface area contributed by atoms with Gasteiger partial charge in [-0.15, -0.1) is 0 Å². The molecule has 1 saturated heterocycles. The number of hydrogen-bond acceptors (Lipinski definition) is 4. The largest absolute Gasteiger partial charge is 0.353 e. The zero-order valence-electron chi connectivity index (χ0n) is 8.70. The predicted octanol–water partition coefficient (Wildman–Crippen LogP) is 0.447. The minimum atomic E-state index is 0.620. The maximum Gasteiger partial charge on any atom is 0.132 e. The summed E-state index contributed by atoms with van der Waals surface area (Å²) < 4.78 is 0. The molecule has 14 heavy (non-hydrogen) atoms. The van der Waals surface area contributed by atoms with Crippen LogP contribution in [0.25, 0.3) is 0 Å². The fourth-order valence-electron chi connectivity index (χ4n) is 1.60. The third-order valence-electron chi connectivity index (χ3n) is 2.69. The highest BCUT2D eigenvalue weighted by Crippen LogP contribution is 2.18. The number of aryl methyl sites for hydroxylation is 1. The van der Waals surface area contributed by atoms with Gasteiger partial charge in [0.1, 0.15) is 12.1 Å². The minimum absolute atomic E-state index is 0.620. The van der Waals surface area contributed by atoms with E-state index < -0.39 is 0 Å². The number of hydrogen-bond donors (Lipinski definition) is 1. The molecule has 4 nitrogen and oxygen atoms in total. The molecule has 0 bridgehead atoms. The summed E-state index contributed by atoms with van der Waals surface area (Å²) in [7, 11) is 2.00. The maximum absolute atomic E-state index is 4.27. The summed E-state index contributed by atoms with van der Waals surface area (Å²) in [6.07, 6.45) is 2.62. The van der Waals surface area contributed by atoms with E-state index in [1.54, 1.807) is 6.33 Å². The Hall–Kier alpha value is -1.16. The number of nitrogens with one attached hydrogen (secondary N) is 1. The molecule has 0 atom stereocenters. The number of aromatic nitrogens is 2. The highest BCUT2D eigenvalue weighted by molar-refractivity contribution is 5.42. The molecule has 0 saturated carbocycles. The van der Waals surface area contributed by atoms with Crippen LogP contribution in [-0.4, -0.2) is 36.1 Å². The van der Waals surface area contributed by atoms with Crippen molar-refractivity contribution < 1.29 is 0 Å². The number of nitrogens with zero attached hydrogens (tertiary/aromatic N) is 3. The molecule has 0 aromatic carbocycles. The van der Waals surface area contributed by atoms with Gasteiger partial charge in [-0.3, -0.25) is 0 Å². The Bertz CT molecular complexity index is 307. The quantitative estimate of drug-likeness (QED) is 0.755. The molecular formula is C10H16N4. The molecule has 1 aliphatic heterocycles. The van der Waals surface area contributed by atoms with Crippen LogP contribution in [0.4, 0.5) is 5.82 Å². The molecule has 2 rings (SSSR count). The Labute approximate surface area is 84.4 Å². The van der Waals surface area contributed by atoms with Crippen molar-refractivity contribution in [3.05, 3.63) is 18.1 Å². The van der Waals surface area contributed by atoms with Crippen LogP contribution in [-0.2, 0) is 6.42 Å². The highest BCUT2D eigenvalue weighted by atomic mass is 15.3. The van der Waals surface area contributed by atoms with Gasteiger partial charge in [-0.1, -0.05) is 6.92 Å². The van der Waals surface area contributed by atoms with Crippen LogP contribution in [0, 0.1) is 0 Å². The fourth-order valence-corrected chi connectivity index (χ4v) is 1.60. The lowest BCUT2D eigenvalue weighted by Gasteiger charge is -2.39. The number of rotatable bonds is 3. The van der Waals surface area contributed by atoms with Crippen LogP contribution in [0.3, 0.4) is 0 Å². The topological polar surface area (TPSA) is 41.0 Å². The molecule has 0 spiro atoms. The Kier molecular flexibility index (Phi) is 2.63. The molecule has 0 radical (unpaired) electrons. The first-order chi connectivity index (χ1) is 6.83. The second-order valence-corrected chi connectivity index (χ2v) is 3.61.